The van der Waals surface area contributed by atoms with Crippen LogP contribution in [0.4, 0.5) is 29.7 Å². The number of alkyl halides is 2. The second-order valence-electron chi connectivity index (χ2n) is 5.15. The Morgan fingerprint density at radius 2 is 1.85 bits per heavy atom. The van der Waals surface area contributed by atoms with Gasteiger partial charge in [-0.15, -0.1) is 11.3 Å². The fourth-order valence-corrected chi connectivity index (χ4v) is 2.94. The Morgan fingerprint density at radius 1 is 1.15 bits per heavy atom. The van der Waals surface area contributed by atoms with E-state index in [0.29, 0.717) is 16.5 Å². The van der Waals surface area contributed by atoms with Crippen molar-refractivity contribution in [3.8, 4) is 5.75 Å². The molecular weight excluding hydrogens is 403 g/mol. The van der Waals surface area contributed by atoms with Crippen LogP contribution in [-0.2, 0) is 0 Å². The molecule has 3 rings (SSSR count). The number of hydrogen-bond acceptors (Lipinski definition) is 5. The van der Waals surface area contributed by atoms with Crippen LogP contribution >= 0.6 is 22.9 Å². The van der Waals surface area contributed by atoms with Crippen molar-refractivity contribution in [2.75, 3.05) is 10.6 Å². The molecule has 10 heteroatoms. The van der Waals surface area contributed by atoms with Crippen molar-refractivity contribution < 1.29 is 22.7 Å². The first-order valence-electron chi connectivity index (χ1n) is 7.44. The number of halogens is 4. The van der Waals surface area contributed by atoms with E-state index in [1.807, 2.05) is 0 Å². The number of hydrogen-bond donors (Lipinski definition) is 2. The minimum absolute atomic E-state index is 0.0349. The number of carbonyl (C=O) groups is 1. The molecule has 0 saturated carbocycles. The Bertz CT molecular complexity index is 951. The standard InChI is InChI=1S/C17H11ClF3N3O2S/c18-12-7-10(3-6-13(12)19)22-15(25)14-8-27-17(24-14)23-9-1-4-11(5-2-9)26-16(20)21/h1-8,16H,(H,22,25)(H,23,24). The van der Waals surface area contributed by atoms with Gasteiger partial charge in [-0.1, -0.05) is 11.6 Å². The average molecular weight is 414 g/mol. The molecule has 0 aliphatic rings. The summed E-state index contributed by atoms with van der Waals surface area (Å²) < 4.78 is 41.7. The van der Waals surface area contributed by atoms with E-state index in [0.717, 1.165) is 6.07 Å². The zero-order chi connectivity index (χ0) is 19.4. The van der Waals surface area contributed by atoms with E-state index in [4.69, 9.17) is 11.6 Å². The fourth-order valence-electron chi connectivity index (χ4n) is 2.05. The van der Waals surface area contributed by atoms with Crippen LogP contribution in [0.25, 0.3) is 0 Å². The highest BCUT2D eigenvalue weighted by Gasteiger charge is 2.12. The molecule has 27 heavy (non-hydrogen) atoms. The van der Waals surface area contributed by atoms with Crippen LogP contribution in [0.15, 0.2) is 47.8 Å². The summed E-state index contributed by atoms with van der Waals surface area (Å²) in [6.07, 6.45) is 0. The Balaban J connectivity index is 1.63. The van der Waals surface area contributed by atoms with Crippen LogP contribution in [-0.4, -0.2) is 17.5 Å². The number of amides is 1. The molecule has 1 aromatic heterocycles. The molecule has 2 N–H and O–H groups in total. The topological polar surface area (TPSA) is 63.2 Å². The molecule has 5 nitrogen and oxygen atoms in total. The molecule has 140 valence electrons. The van der Waals surface area contributed by atoms with Gasteiger partial charge in [0.15, 0.2) is 5.13 Å². The molecule has 0 fully saturated rings. The van der Waals surface area contributed by atoms with E-state index in [-0.39, 0.29) is 16.5 Å². The summed E-state index contributed by atoms with van der Waals surface area (Å²) in [5.74, 6) is -1.03. The molecule has 3 aromatic rings. The van der Waals surface area contributed by atoms with Crippen LogP contribution in [0.3, 0.4) is 0 Å². The molecule has 2 aromatic carbocycles. The number of rotatable bonds is 6. The van der Waals surface area contributed by atoms with Crippen molar-refractivity contribution in [3.05, 3.63) is 64.4 Å². The average Bonchev–Trinajstić information content (AvgIpc) is 3.08. The summed E-state index contributed by atoms with van der Waals surface area (Å²) in [6, 6.07) is 9.67. The van der Waals surface area contributed by atoms with Gasteiger partial charge >= 0.3 is 6.61 Å². The lowest BCUT2D eigenvalue weighted by atomic mass is 10.3. The SMILES string of the molecule is O=C(Nc1ccc(F)c(Cl)c1)c1csc(Nc2ccc(OC(F)F)cc2)n1. The van der Waals surface area contributed by atoms with E-state index in [2.05, 4.69) is 20.4 Å². The highest BCUT2D eigenvalue weighted by Crippen LogP contribution is 2.25. The zero-order valence-corrected chi connectivity index (χ0v) is 15.0. The molecule has 0 unspecified atom stereocenters. The van der Waals surface area contributed by atoms with E-state index < -0.39 is 18.3 Å². The van der Waals surface area contributed by atoms with Gasteiger partial charge in [-0.2, -0.15) is 8.78 Å². The molecule has 0 radical (unpaired) electrons. The summed E-state index contributed by atoms with van der Waals surface area (Å²) in [7, 11) is 0. The number of aromatic nitrogens is 1. The maximum Gasteiger partial charge on any atom is 0.387 e. The third-order valence-electron chi connectivity index (χ3n) is 3.25. The maximum absolute atomic E-state index is 13.1. The lowest BCUT2D eigenvalue weighted by Crippen LogP contribution is -2.12. The highest BCUT2D eigenvalue weighted by atomic mass is 35.5. The Morgan fingerprint density at radius 3 is 2.52 bits per heavy atom. The van der Waals surface area contributed by atoms with Gasteiger partial charge in [0, 0.05) is 16.8 Å². The molecule has 0 bridgehead atoms. The second kappa shape index (κ2) is 8.28. The Kier molecular flexibility index (Phi) is 5.82. The van der Waals surface area contributed by atoms with Crippen molar-refractivity contribution in [2.45, 2.75) is 6.61 Å². The third-order valence-corrected chi connectivity index (χ3v) is 4.29. The number of nitrogens with one attached hydrogen (secondary N) is 2. The van der Waals surface area contributed by atoms with Crippen molar-refractivity contribution in [1.29, 1.82) is 0 Å². The van der Waals surface area contributed by atoms with E-state index in [1.54, 1.807) is 12.1 Å². The largest absolute Gasteiger partial charge is 0.435 e. The van der Waals surface area contributed by atoms with Gasteiger partial charge in [0.25, 0.3) is 5.91 Å². The van der Waals surface area contributed by atoms with Gasteiger partial charge < -0.3 is 15.4 Å². The number of carbonyl (C=O) groups excluding carboxylic acids is 1. The third kappa shape index (κ3) is 5.11. The van der Waals surface area contributed by atoms with Crippen LogP contribution in [0, 0.1) is 5.82 Å². The zero-order valence-electron chi connectivity index (χ0n) is 13.4. The van der Waals surface area contributed by atoms with Crippen molar-refractivity contribution in [1.82, 2.24) is 4.98 Å². The van der Waals surface area contributed by atoms with E-state index in [9.17, 15) is 18.0 Å². The Labute approximate surface area is 160 Å². The monoisotopic (exact) mass is 413 g/mol. The quantitative estimate of drug-likeness (QED) is 0.557. The smallest absolute Gasteiger partial charge is 0.387 e. The van der Waals surface area contributed by atoms with Gasteiger partial charge in [-0.05, 0) is 42.5 Å². The summed E-state index contributed by atoms with van der Waals surface area (Å²) in [5.41, 5.74) is 1.08. The molecule has 0 aliphatic heterocycles. The molecule has 0 spiro atoms. The molecule has 0 atom stereocenters. The van der Waals surface area contributed by atoms with E-state index >= 15 is 0 Å². The predicted octanol–water partition coefficient (Wildman–Crippen LogP) is 5.53. The summed E-state index contributed by atoms with van der Waals surface area (Å²) in [5, 5.41) is 7.39. The number of anilines is 3. The highest BCUT2D eigenvalue weighted by molar-refractivity contribution is 7.14. The molecule has 1 heterocycles. The Hall–Kier alpha value is -2.78. The van der Waals surface area contributed by atoms with Gasteiger partial charge in [0.05, 0.1) is 5.02 Å². The van der Waals surface area contributed by atoms with Crippen LogP contribution in [0.2, 0.25) is 5.02 Å². The molecule has 0 aliphatic carbocycles. The molecule has 1 amide bonds. The second-order valence-corrected chi connectivity index (χ2v) is 6.41. The van der Waals surface area contributed by atoms with Crippen LogP contribution in [0.1, 0.15) is 10.5 Å². The van der Waals surface area contributed by atoms with Crippen LogP contribution in [0.5, 0.6) is 5.75 Å². The van der Waals surface area contributed by atoms with Gasteiger partial charge in [-0.3, -0.25) is 4.79 Å². The van der Waals surface area contributed by atoms with Gasteiger partial charge in [0.2, 0.25) is 0 Å². The lowest BCUT2D eigenvalue weighted by molar-refractivity contribution is -0.0498. The van der Waals surface area contributed by atoms with Gasteiger partial charge in [0.1, 0.15) is 17.3 Å². The van der Waals surface area contributed by atoms with Crippen molar-refractivity contribution in [3.63, 3.8) is 0 Å². The summed E-state index contributed by atoms with van der Waals surface area (Å²) in [4.78, 5) is 16.4. The summed E-state index contributed by atoms with van der Waals surface area (Å²) in [6.45, 7) is -2.89. The van der Waals surface area contributed by atoms with Gasteiger partial charge in [-0.25, -0.2) is 9.37 Å². The minimum atomic E-state index is -2.89. The van der Waals surface area contributed by atoms with Crippen molar-refractivity contribution in [2.24, 2.45) is 0 Å². The molecular formula is C17H11ClF3N3O2S. The minimum Gasteiger partial charge on any atom is -0.435 e. The lowest BCUT2D eigenvalue weighted by Gasteiger charge is -2.06. The first-order chi connectivity index (χ1) is 12.9. The number of thiazole rings is 1. The first kappa shape index (κ1) is 19.0. The van der Waals surface area contributed by atoms with Crippen LogP contribution < -0.4 is 15.4 Å². The first-order valence-corrected chi connectivity index (χ1v) is 8.70. The normalized spacial score (nSPS) is 10.7. The number of nitrogens with zero attached hydrogens (tertiary/aromatic N) is 1. The van der Waals surface area contributed by atoms with Crippen molar-refractivity contribution >= 4 is 45.4 Å². The fraction of sp³-hybridized carbons (Fsp3) is 0.0588. The maximum atomic E-state index is 13.1. The number of ether oxygens (including phenoxy) is 1. The van der Waals surface area contributed by atoms with E-state index in [1.165, 1.54) is 41.0 Å². The predicted molar refractivity (Wildman–Crippen MR) is 97.8 cm³/mol. The molecule has 0 saturated heterocycles. The number of benzene rings is 2. The summed E-state index contributed by atoms with van der Waals surface area (Å²) >= 11 is 6.86.